The molecule has 2 aliphatic heterocycles. The van der Waals surface area contributed by atoms with Crippen molar-refractivity contribution < 1.29 is 9.90 Å². The maximum absolute atomic E-state index is 12.8. The first kappa shape index (κ1) is 30.7. The molecule has 1 aromatic heterocycles. The second kappa shape index (κ2) is 15.7. The minimum Gasteiger partial charge on any atom is -0.396 e. The molecule has 0 aliphatic carbocycles. The van der Waals surface area contributed by atoms with Gasteiger partial charge in [0.2, 0.25) is 0 Å². The molecule has 2 aliphatic rings. The van der Waals surface area contributed by atoms with Crippen molar-refractivity contribution in [1.82, 2.24) is 9.88 Å². The summed E-state index contributed by atoms with van der Waals surface area (Å²) in [4.78, 5) is 24.2. The largest absolute Gasteiger partial charge is 0.396 e. The molecule has 3 rings (SSSR count). The Hall–Kier alpha value is -3.79. The Morgan fingerprint density at radius 3 is 2.83 bits per heavy atom. The monoisotopic (exact) mass is 537 g/mol. The molecular weight excluding hydrogens is 494 g/mol. The van der Waals surface area contributed by atoms with Gasteiger partial charge in [0.1, 0.15) is 5.70 Å². The fourth-order valence-corrected chi connectivity index (χ4v) is 4.96. The molecule has 1 unspecified atom stereocenters. The lowest BCUT2D eigenvalue weighted by Crippen LogP contribution is -2.23. The summed E-state index contributed by atoms with van der Waals surface area (Å²) in [5.74, 6) is 3.39. The average molecular weight is 538 g/mol. The van der Waals surface area contributed by atoms with Gasteiger partial charge in [0, 0.05) is 37.7 Å². The Morgan fingerprint density at radius 1 is 1.30 bits per heavy atom. The van der Waals surface area contributed by atoms with Crippen LogP contribution in [-0.4, -0.2) is 46.3 Å². The maximum atomic E-state index is 12.8. The van der Waals surface area contributed by atoms with E-state index in [0.29, 0.717) is 29.3 Å². The van der Waals surface area contributed by atoms with Gasteiger partial charge < -0.3 is 10.0 Å². The third-order valence-electron chi connectivity index (χ3n) is 7.60. The summed E-state index contributed by atoms with van der Waals surface area (Å²) in [7, 11) is 0. The zero-order valence-electron chi connectivity index (χ0n) is 24.2. The summed E-state index contributed by atoms with van der Waals surface area (Å²) in [5, 5.41) is 9.19. The highest BCUT2D eigenvalue weighted by atomic mass is 16.2. The van der Waals surface area contributed by atoms with E-state index in [0.717, 1.165) is 68.3 Å². The van der Waals surface area contributed by atoms with Crippen LogP contribution in [0.1, 0.15) is 69.2 Å². The quantitative estimate of drug-likeness (QED) is 0.213. The first-order valence-electron chi connectivity index (χ1n) is 14.3. The number of aliphatic imine (C=N–C) groups is 1. The molecule has 0 aromatic carbocycles. The van der Waals surface area contributed by atoms with Crippen LogP contribution in [0.3, 0.4) is 0 Å². The number of ketones is 1. The fraction of sp³-hybridized carbons (Fsp3) is 0.371. The molecule has 0 spiro atoms. The highest BCUT2D eigenvalue weighted by Gasteiger charge is 2.20. The Kier molecular flexibility index (Phi) is 12.1. The van der Waals surface area contributed by atoms with E-state index in [9.17, 15) is 9.90 Å². The van der Waals surface area contributed by atoms with E-state index in [-0.39, 0.29) is 12.4 Å². The number of aromatic nitrogens is 1. The molecule has 0 radical (unpaired) electrons. The third-order valence-corrected chi connectivity index (χ3v) is 7.60. The van der Waals surface area contributed by atoms with Crippen molar-refractivity contribution in [2.45, 2.75) is 58.8 Å². The Morgan fingerprint density at radius 2 is 2.12 bits per heavy atom. The molecule has 210 valence electrons. The first-order valence-corrected chi connectivity index (χ1v) is 14.3. The van der Waals surface area contributed by atoms with Gasteiger partial charge in [-0.2, -0.15) is 0 Å². The predicted octanol–water partition coefficient (Wildman–Crippen LogP) is 7.20. The molecule has 0 bridgehead atoms. The highest BCUT2D eigenvalue weighted by Crippen LogP contribution is 2.28. The number of aliphatic hydroxyl groups excluding tert-OH is 1. The topological polar surface area (TPSA) is 65.8 Å². The van der Waals surface area contributed by atoms with E-state index >= 15 is 0 Å². The molecule has 3 heterocycles. The van der Waals surface area contributed by atoms with E-state index in [4.69, 9.17) is 0 Å². The third kappa shape index (κ3) is 8.61. The second-order valence-electron chi connectivity index (χ2n) is 10.3. The number of pyridine rings is 1. The van der Waals surface area contributed by atoms with Crippen LogP contribution in [0.5, 0.6) is 0 Å². The SMILES string of the molecule is C=C/C(C)=C\Cc1cnc(C2=CC(=O)C(CC/C=C\C(=C/C)N3CCC(=C)C(CCCO)CC3)=C=N2)cc1C=C. The second-order valence-corrected chi connectivity index (χ2v) is 10.3. The van der Waals surface area contributed by atoms with Crippen LogP contribution in [0.2, 0.25) is 0 Å². The van der Waals surface area contributed by atoms with E-state index in [1.54, 1.807) is 12.2 Å². The van der Waals surface area contributed by atoms with Crippen LogP contribution in [0.15, 0.2) is 95.9 Å². The number of carbonyl (C=O) groups is 1. The molecular formula is C35H43N3O2. The molecule has 0 amide bonds. The van der Waals surface area contributed by atoms with E-state index in [1.165, 1.54) is 11.3 Å². The van der Waals surface area contributed by atoms with Crippen molar-refractivity contribution >= 4 is 23.4 Å². The number of aliphatic hydroxyl groups is 1. The standard InChI is InChI=1S/C35H43N3O2/c1-6-26(4)15-16-30-24-36-33(22-28(30)7-2)34-23-35(40)31(25-37-34)12-9-10-14-32(8-3)38-19-17-27(5)29(18-20-38)13-11-21-39/h6-8,10,14-15,22-24,29,39H,1-2,5,9,11-13,16-21H2,3-4H3/b14-10-,26-15-,32-8+. The molecule has 1 aromatic rings. The van der Waals surface area contributed by atoms with Crippen molar-refractivity contribution in [3.8, 4) is 0 Å². The lowest BCUT2D eigenvalue weighted by Gasteiger charge is -2.24. The Balaban J connectivity index is 1.60. The zero-order chi connectivity index (χ0) is 28.9. The van der Waals surface area contributed by atoms with Gasteiger partial charge in [-0.3, -0.25) is 9.78 Å². The lowest BCUT2D eigenvalue weighted by atomic mass is 9.91. The highest BCUT2D eigenvalue weighted by molar-refractivity contribution is 6.15. The molecule has 5 nitrogen and oxygen atoms in total. The van der Waals surface area contributed by atoms with Gasteiger partial charge in [-0.25, -0.2) is 4.99 Å². The van der Waals surface area contributed by atoms with Gasteiger partial charge >= 0.3 is 0 Å². The van der Waals surface area contributed by atoms with Crippen molar-refractivity contribution in [2.75, 3.05) is 19.7 Å². The van der Waals surface area contributed by atoms with Gasteiger partial charge in [0.05, 0.1) is 11.3 Å². The van der Waals surface area contributed by atoms with Crippen LogP contribution in [0.25, 0.3) is 11.8 Å². The normalized spacial score (nSPS) is 18.6. The molecule has 40 heavy (non-hydrogen) atoms. The van der Waals surface area contributed by atoms with Crippen LogP contribution >= 0.6 is 0 Å². The van der Waals surface area contributed by atoms with Gasteiger partial charge in [-0.05, 0) is 93.9 Å². The van der Waals surface area contributed by atoms with E-state index < -0.39 is 0 Å². The molecule has 0 saturated carbocycles. The fourth-order valence-electron chi connectivity index (χ4n) is 4.96. The van der Waals surface area contributed by atoms with E-state index in [1.807, 2.05) is 25.3 Å². The molecule has 1 fully saturated rings. The minimum atomic E-state index is -0.0693. The summed E-state index contributed by atoms with van der Waals surface area (Å²) in [5.41, 5.74) is 7.37. The predicted molar refractivity (Wildman–Crippen MR) is 168 cm³/mol. The summed E-state index contributed by atoms with van der Waals surface area (Å²) in [6.45, 7) is 18.3. The number of rotatable bonds is 13. The molecule has 1 N–H and O–H groups in total. The molecule has 1 atom stereocenters. The van der Waals surface area contributed by atoms with Crippen LogP contribution in [0.4, 0.5) is 0 Å². The number of hydrogen-bond acceptors (Lipinski definition) is 5. The van der Waals surface area contributed by atoms with Gasteiger partial charge in [0.15, 0.2) is 5.78 Å². The van der Waals surface area contributed by atoms with Crippen molar-refractivity contribution in [3.63, 3.8) is 0 Å². The van der Waals surface area contributed by atoms with Gasteiger partial charge in [-0.15, -0.1) is 0 Å². The Labute approximate surface area is 240 Å². The van der Waals surface area contributed by atoms with Crippen molar-refractivity contribution in [3.05, 3.63) is 108 Å². The zero-order valence-corrected chi connectivity index (χ0v) is 24.2. The Bertz CT molecular complexity index is 1300. The van der Waals surface area contributed by atoms with Crippen LogP contribution in [0, 0.1) is 5.92 Å². The average Bonchev–Trinajstić information content (AvgIpc) is 3.16. The number of hydrogen-bond donors (Lipinski definition) is 1. The lowest BCUT2D eigenvalue weighted by molar-refractivity contribution is -0.111. The number of likely N-dealkylation sites (tertiary alicyclic amines) is 1. The first-order chi connectivity index (χ1) is 19.4. The smallest absolute Gasteiger partial charge is 0.193 e. The summed E-state index contributed by atoms with van der Waals surface area (Å²) < 4.78 is 0. The summed E-state index contributed by atoms with van der Waals surface area (Å²) in [6.07, 6.45) is 21.4. The molecule has 1 saturated heterocycles. The van der Waals surface area contributed by atoms with Crippen LogP contribution in [-0.2, 0) is 11.2 Å². The van der Waals surface area contributed by atoms with Crippen molar-refractivity contribution in [2.24, 2.45) is 10.9 Å². The van der Waals surface area contributed by atoms with E-state index in [2.05, 4.69) is 71.7 Å². The number of nitrogens with zero attached hydrogens (tertiary/aromatic N) is 3. The summed E-state index contributed by atoms with van der Waals surface area (Å²) >= 11 is 0. The van der Waals surface area contributed by atoms with Gasteiger partial charge in [-0.1, -0.05) is 61.3 Å². The minimum absolute atomic E-state index is 0.0693. The molecule has 5 heteroatoms. The number of allylic oxidation sites excluding steroid dienone is 8. The van der Waals surface area contributed by atoms with Gasteiger partial charge in [0.25, 0.3) is 0 Å². The summed E-state index contributed by atoms with van der Waals surface area (Å²) in [6, 6.07) is 1.92. The maximum Gasteiger partial charge on any atom is 0.193 e. The number of carbonyl (C=O) groups excluding carboxylic acids is 1. The van der Waals surface area contributed by atoms with Crippen molar-refractivity contribution in [1.29, 1.82) is 0 Å². The van der Waals surface area contributed by atoms with Crippen LogP contribution < -0.4 is 0 Å².